The maximum absolute atomic E-state index is 12.1. The van der Waals surface area contributed by atoms with Crippen molar-refractivity contribution in [1.29, 1.82) is 0 Å². The van der Waals surface area contributed by atoms with Gasteiger partial charge in [-0.05, 0) is 43.5 Å². The number of aliphatic hydroxyl groups is 1. The van der Waals surface area contributed by atoms with E-state index in [1.807, 2.05) is 37.9 Å². The van der Waals surface area contributed by atoms with Gasteiger partial charge in [0.15, 0.2) is 0 Å². The monoisotopic (exact) mass is 303 g/mol. The van der Waals surface area contributed by atoms with Gasteiger partial charge in [0, 0.05) is 30.8 Å². The van der Waals surface area contributed by atoms with Crippen LogP contribution in [-0.4, -0.2) is 35.9 Å². The summed E-state index contributed by atoms with van der Waals surface area (Å²) in [6, 6.07) is 7.40. The average molecular weight is 303 g/mol. The van der Waals surface area contributed by atoms with Gasteiger partial charge >= 0.3 is 0 Å². The molecular weight excluding hydrogens is 278 g/mol. The molecule has 22 heavy (non-hydrogen) atoms. The van der Waals surface area contributed by atoms with E-state index in [1.54, 1.807) is 12.1 Å². The Hall–Kier alpha value is -1.88. The van der Waals surface area contributed by atoms with E-state index in [1.165, 1.54) is 0 Å². The fraction of sp³-hybridized carbons (Fsp3) is 0.529. The summed E-state index contributed by atoms with van der Waals surface area (Å²) in [5.41, 5.74) is 2.72. The Kier molecular flexibility index (Phi) is 5.55. The number of hydrogen-bond acceptors (Lipinski definition) is 4. The molecule has 0 aliphatic carbocycles. The number of amides is 1. The second-order valence-electron chi connectivity index (χ2n) is 6.25. The molecule has 1 aliphatic rings. The third-order valence-corrected chi connectivity index (χ3v) is 3.65. The van der Waals surface area contributed by atoms with E-state index in [4.69, 9.17) is 0 Å². The predicted octanol–water partition coefficient (Wildman–Crippen LogP) is 2.41. The maximum Gasteiger partial charge on any atom is 0.251 e. The number of rotatable bonds is 6. The van der Waals surface area contributed by atoms with E-state index in [-0.39, 0.29) is 12.5 Å². The third-order valence-electron chi connectivity index (χ3n) is 3.65. The highest BCUT2D eigenvalue weighted by Gasteiger charge is 2.14. The fourth-order valence-corrected chi connectivity index (χ4v) is 2.49. The Morgan fingerprint density at radius 3 is 2.59 bits per heavy atom. The molecule has 0 spiro atoms. The molecule has 2 rings (SSSR count). The largest absolute Gasteiger partial charge is 0.391 e. The first-order valence-corrected chi connectivity index (χ1v) is 7.83. The van der Waals surface area contributed by atoms with Crippen LogP contribution in [-0.2, 0) is 0 Å². The standard InChI is InChI=1S/C17H25N3O2/c1-12(2)10-16(21)11-18-17(22)14-4-6-15(7-5-14)20-9-8-13(3)19-20/h4-7,12,16,21H,8-11H2,1-3H3,(H,18,22). The lowest BCUT2D eigenvalue weighted by Crippen LogP contribution is -2.32. The summed E-state index contributed by atoms with van der Waals surface area (Å²) in [6.45, 7) is 7.29. The zero-order valence-corrected chi connectivity index (χ0v) is 13.5. The summed E-state index contributed by atoms with van der Waals surface area (Å²) in [6.07, 6.45) is 1.17. The zero-order valence-electron chi connectivity index (χ0n) is 13.5. The van der Waals surface area contributed by atoms with Gasteiger partial charge in [0.2, 0.25) is 0 Å². The van der Waals surface area contributed by atoms with E-state index in [0.29, 0.717) is 17.9 Å². The smallest absolute Gasteiger partial charge is 0.251 e. The van der Waals surface area contributed by atoms with Gasteiger partial charge < -0.3 is 10.4 Å². The molecule has 0 saturated carbocycles. The van der Waals surface area contributed by atoms with Crippen LogP contribution >= 0.6 is 0 Å². The first kappa shape index (κ1) is 16.5. The molecule has 0 aromatic heterocycles. The lowest BCUT2D eigenvalue weighted by atomic mass is 10.1. The number of aliphatic hydroxyl groups excluding tert-OH is 1. The van der Waals surface area contributed by atoms with Crippen molar-refractivity contribution < 1.29 is 9.90 Å². The molecular formula is C17H25N3O2. The SMILES string of the molecule is CC1=NN(c2ccc(C(=O)NCC(O)CC(C)C)cc2)CC1. The number of nitrogens with zero attached hydrogens (tertiary/aromatic N) is 2. The third kappa shape index (κ3) is 4.56. The van der Waals surface area contributed by atoms with Gasteiger partial charge in [-0.25, -0.2) is 0 Å². The first-order chi connectivity index (χ1) is 10.5. The van der Waals surface area contributed by atoms with E-state index in [2.05, 4.69) is 10.4 Å². The van der Waals surface area contributed by atoms with E-state index in [0.717, 1.165) is 24.4 Å². The Balaban J connectivity index is 1.88. The number of anilines is 1. The molecule has 1 atom stereocenters. The van der Waals surface area contributed by atoms with Crippen LogP contribution in [0.15, 0.2) is 29.4 Å². The van der Waals surface area contributed by atoms with Crippen molar-refractivity contribution in [2.75, 3.05) is 18.1 Å². The summed E-state index contributed by atoms with van der Waals surface area (Å²) < 4.78 is 0. The average Bonchev–Trinajstić information content (AvgIpc) is 2.91. The minimum absolute atomic E-state index is 0.157. The minimum atomic E-state index is -0.495. The van der Waals surface area contributed by atoms with Gasteiger partial charge in [-0.2, -0.15) is 5.10 Å². The Labute approximate surface area is 132 Å². The maximum atomic E-state index is 12.1. The summed E-state index contributed by atoms with van der Waals surface area (Å²) in [5.74, 6) is 0.256. The second-order valence-corrected chi connectivity index (χ2v) is 6.25. The van der Waals surface area contributed by atoms with Crippen molar-refractivity contribution in [2.45, 2.75) is 39.7 Å². The minimum Gasteiger partial charge on any atom is -0.391 e. The van der Waals surface area contributed by atoms with E-state index in [9.17, 15) is 9.90 Å². The Morgan fingerprint density at radius 2 is 2.05 bits per heavy atom. The van der Waals surface area contributed by atoms with E-state index < -0.39 is 6.10 Å². The molecule has 0 bridgehead atoms. The molecule has 1 amide bonds. The molecule has 1 heterocycles. The number of benzene rings is 1. The number of carbonyl (C=O) groups is 1. The molecule has 5 nitrogen and oxygen atoms in total. The van der Waals surface area contributed by atoms with Crippen LogP contribution < -0.4 is 10.3 Å². The normalized spacial score (nSPS) is 15.9. The first-order valence-electron chi connectivity index (χ1n) is 7.83. The molecule has 1 unspecified atom stereocenters. The number of hydrogen-bond donors (Lipinski definition) is 2. The molecule has 1 aromatic carbocycles. The Morgan fingerprint density at radius 1 is 1.36 bits per heavy atom. The molecule has 2 N–H and O–H groups in total. The number of carbonyl (C=O) groups excluding carboxylic acids is 1. The topological polar surface area (TPSA) is 64.9 Å². The number of nitrogens with one attached hydrogen (secondary N) is 1. The van der Waals surface area contributed by atoms with Gasteiger partial charge in [0.05, 0.1) is 11.8 Å². The van der Waals surface area contributed by atoms with Crippen LogP contribution in [0.3, 0.4) is 0 Å². The molecule has 1 aliphatic heterocycles. The lowest BCUT2D eigenvalue weighted by molar-refractivity contribution is 0.0900. The highest BCUT2D eigenvalue weighted by atomic mass is 16.3. The molecule has 5 heteroatoms. The van der Waals surface area contributed by atoms with Crippen molar-refractivity contribution in [3.05, 3.63) is 29.8 Å². The lowest BCUT2D eigenvalue weighted by Gasteiger charge is -2.15. The van der Waals surface area contributed by atoms with Gasteiger partial charge in [-0.1, -0.05) is 13.8 Å². The summed E-state index contributed by atoms with van der Waals surface area (Å²) in [4.78, 5) is 12.1. The molecule has 0 saturated heterocycles. The summed E-state index contributed by atoms with van der Waals surface area (Å²) in [7, 11) is 0. The van der Waals surface area contributed by atoms with Crippen molar-refractivity contribution in [3.63, 3.8) is 0 Å². The van der Waals surface area contributed by atoms with Crippen LogP contribution in [0.1, 0.15) is 44.0 Å². The molecule has 120 valence electrons. The predicted molar refractivity (Wildman–Crippen MR) is 89.3 cm³/mol. The summed E-state index contributed by atoms with van der Waals surface area (Å²) in [5, 5.41) is 18.9. The van der Waals surface area contributed by atoms with Crippen LogP contribution in [0.5, 0.6) is 0 Å². The number of hydrazone groups is 1. The quantitative estimate of drug-likeness (QED) is 0.848. The van der Waals surface area contributed by atoms with Crippen LogP contribution in [0.2, 0.25) is 0 Å². The fourth-order valence-electron chi connectivity index (χ4n) is 2.49. The van der Waals surface area contributed by atoms with Gasteiger partial charge in [-0.15, -0.1) is 0 Å². The zero-order chi connectivity index (χ0) is 16.1. The highest BCUT2D eigenvalue weighted by molar-refractivity contribution is 5.94. The van der Waals surface area contributed by atoms with Crippen molar-refractivity contribution >= 4 is 17.3 Å². The Bertz CT molecular complexity index is 537. The van der Waals surface area contributed by atoms with Crippen LogP contribution in [0, 0.1) is 5.92 Å². The van der Waals surface area contributed by atoms with Crippen LogP contribution in [0.4, 0.5) is 5.69 Å². The molecule has 0 radical (unpaired) electrons. The molecule has 0 fully saturated rings. The summed E-state index contributed by atoms with van der Waals surface area (Å²) >= 11 is 0. The van der Waals surface area contributed by atoms with Crippen LogP contribution in [0.25, 0.3) is 0 Å². The highest BCUT2D eigenvalue weighted by Crippen LogP contribution is 2.19. The van der Waals surface area contributed by atoms with Crippen molar-refractivity contribution in [1.82, 2.24) is 5.32 Å². The van der Waals surface area contributed by atoms with Crippen molar-refractivity contribution in [2.24, 2.45) is 11.0 Å². The van der Waals surface area contributed by atoms with Gasteiger partial charge in [0.25, 0.3) is 5.91 Å². The van der Waals surface area contributed by atoms with E-state index >= 15 is 0 Å². The second kappa shape index (κ2) is 7.40. The van der Waals surface area contributed by atoms with Gasteiger partial charge in [-0.3, -0.25) is 9.80 Å². The van der Waals surface area contributed by atoms with Crippen molar-refractivity contribution in [3.8, 4) is 0 Å². The van der Waals surface area contributed by atoms with Gasteiger partial charge in [0.1, 0.15) is 0 Å². The molecule has 1 aromatic rings.